The zero-order valence-electron chi connectivity index (χ0n) is 25.3. The van der Waals surface area contributed by atoms with Gasteiger partial charge in [0.15, 0.2) is 11.6 Å². The maximum atomic E-state index is 16.3. The van der Waals surface area contributed by atoms with E-state index in [0.717, 1.165) is 24.5 Å². The minimum atomic E-state index is -1.01. The van der Waals surface area contributed by atoms with Crippen LogP contribution in [0.1, 0.15) is 48.0 Å². The summed E-state index contributed by atoms with van der Waals surface area (Å²) in [6.07, 6.45) is 4.21. The number of rotatable bonds is 7. The van der Waals surface area contributed by atoms with Gasteiger partial charge in [-0.25, -0.2) is 18.7 Å². The molecule has 1 amide bonds. The van der Waals surface area contributed by atoms with E-state index in [0.29, 0.717) is 22.1 Å². The Hall–Kier alpha value is -4.96. The van der Waals surface area contributed by atoms with Crippen LogP contribution in [0.25, 0.3) is 28.2 Å². The van der Waals surface area contributed by atoms with Gasteiger partial charge in [-0.3, -0.25) is 9.78 Å². The van der Waals surface area contributed by atoms with Crippen molar-refractivity contribution in [3.05, 3.63) is 63.8 Å². The highest BCUT2D eigenvalue weighted by Crippen LogP contribution is 2.49. The summed E-state index contributed by atoms with van der Waals surface area (Å²) in [7, 11) is 1.36. The Morgan fingerprint density at radius 1 is 1.20 bits per heavy atom. The zero-order chi connectivity index (χ0) is 32.7. The summed E-state index contributed by atoms with van der Waals surface area (Å²) in [5.41, 5.74) is 1.92. The van der Waals surface area contributed by atoms with Crippen LogP contribution in [0.5, 0.6) is 11.8 Å². The Morgan fingerprint density at radius 2 is 1.98 bits per heavy atom. The highest BCUT2D eigenvalue weighted by atomic mass is 35.5. The number of pyridine rings is 1. The summed E-state index contributed by atoms with van der Waals surface area (Å²) in [5.74, 6) is -1.87. The maximum absolute atomic E-state index is 16.3. The van der Waals surface area contributed by atoms with Gasteiger partial charge >= 0.3 is 6.01 Å². The number of carbonyl (C=O) groups is 1. The number of piperazine rings is 1. The fraction of sp³-hybridized carbons (Fsp3) is 0.344. The van der Waals surface area contributed by atoms with Crippen LogP contribution < -0.4 is 9.64 Å². The predicted octanol–water partition coefficient (Wildman–Crippen LogP) is 5.42. The van der Waals surface area contributed by atoms with Crippen LogP contribution in [-0.2, 0) is 4.79 Å². The lowest BCUT2D eigenvalue weighted by molar-refractivity contribution is -0.131. The summed E-state index contributed by atoms with van der Waals surface area (Å²) in [5, 5.41) is 20.5. The monoisotopic (exact) mass is 646 g/mol. The number of nitriles is 1. The number of halogens is 3. The number of anilines is 1. The van der Waals surface area contributed by atoms with E-state index in [-0.39, 0.29) is 71.8 Å². The van der Waals surface area contributed by atoms with E-state index in [1.54, 1.807) is 24.8 Å². The Kier molecular flexibility index (Phi) is 8.39. The second kappa shape index (κ2) is 12.4. The summed E-state index contributed by atoms with van der Waals surface area (Å²) >= 11 is 6.46. The topological polar surface area (TPSA) is 141 Å². The number of aromatic nitrogens is 5. The first kappa shape index (κ1) is 31.0. The van der Waals surface area contributed by atoms with Gasteiger partial charge in [0.2, 0.25) is 0 Å². The molecule has 1 aliphatic carbocycles. The number of methoxy groups -OCH3 is 1. The van der Waals surface area contributed by atoms with Crippen LogP contribution in [0, 0.1) is 31.0 Å². The van der Waals surface area contributed by atoms with Crippen LogP contribution in [0.4, 0.5) is 14.6 Å². The normalized spacial score (nSPS) is 16.9. The zero-order valence-corrected chi connectivity index (χ0v) is 26.0. The molecule has 11 nitrogen and oxygen atoms in total. The fourth-order valence-electron chi connectivity index (χ4n) is 5.87. The number of phenolic OH excluding ortho intramolecular Hbond substituents is 1. The summed E-state index contributed by atoms with van der Waals surface area (Å²) in [4.78, 5) is 37.9. The average molecular weight is 647 g/mol. The fourth-order valence-corrected chi connectivity index (χ4v) is 6.24. The quantitative estimate of drug-likeness (QED) is 0.259. The van der Waals surface area contributed by atoms with Crippen molar-refractivity contribution in [2.24, 2.45) is 0 Å². The van der Waals surface area contributed by atoms with Gasteiger partial charge < -0.3 is 19.6 Å². The largest absolute Gasteiger partial charge is 0.508 e. The molecule has 1 N–H and O–H groups in total. The van der Waals surface area contributed by atoms with Crippen LogP contribution in [-0.4, -0.2) is 73.6 Å². The van der Waals surface area contributed by atoms with E-state index in [1.165, 1.54) is 30.3 Å². The molecule has 3 aromatic heterocycles. The maximum Gasteiger partial charge on any atom is 0.318 e. The number of carbonyl (C=O) groups excluding carboxylic acids is 1. The Morgan fingerprint density at radius 3 is 2.67 bits per heavy atom. The molecule has 1 aromatic carbocycles. The summed E-state index contributed by atoms with van der Waals surface area (Å²) < 4.78 is 36.9. The van der Waals surface area contributed by atoms with E-state index >= 15 is 8.78 Å². The smallest absolute Gasteiger partial charge is 0.318 e. The SMILES string of the molecule is COc1nc(N2CCN(C(=O)/C(F)=C/c3cc(C)nc(C)n3)[C@@H](CC#N)C2)c2cnc(-c3cc(O)cc(Cl)c3C3CC3)c(F)c2n1. The molecule has 6 rings (SSSR count). The van der Waals surface area contributed by atoms with Crippen LogP contribution in [0.15, 0.2) is 30.2 Å². The Labute approximate surface area is 268 Å². The van der Waals surface area contributed by atoms with Crippen molar-refractivity contribution in [3.63, 3.8) is 0 Å². The number of ether oxygens (including phenoxy) is 1. The number of phenols is 1. The third kappa shape index (κ3) is 6.00. The lowest BCUT2D eigenvalue weighted by atomic mass is 9.98. The molecule has 14 heteroatoms. The third-order valence-electron chi connectivity index (χ3n) is 8.02. The highest BCUT2D eigenvalue weighted by Gasteiger charge is 2.35. The molecule has 0 unspecified atom stereocenters. The van der Waals surface area contributed by atoms with E-state index in [4.69, 9.17) is 16.3 Å². The first-order valence-electron chi connectivity index (χ1n) is 14.6. The Bertz CT molecular complexity index is 1930. The molecular formula is C32H29ClF2N8O3. The lowest BCUT2D eigenvalue weighted by Crippen LogP contribution is -2.55. The van der Waals surface area contributed by atoms with E-state index in [9.17, 15) is 15.2 Å². The number of aromatic hydroxyl groups is 1. The number of amides is 1. The van der Waals surface area contributed by atoms with Gasteiger partial charge in [0.25, 0.3) is 5.91 Å². The molecule has 46 heavy (non-hydrogen) atoms. The van der Waals surface area contributed by atoms with Gasteiger partial charge in [-0.2, -0.15) is 15.2 Å². The average Bonchev–Trinajstić information content (AvgIpc) is 3.85. The molecule has 1 saturated heterocycles. The van der Waals surface area contributed by atoms with Gasteiger partial charge in [0, 0.05) is 48.2 Å². The first-order chi connectivity index (χ1) is 22.1. The molecule has 2 aliphatic rings. The van der Waals surface area contributed by atoms with Crippen molar-refractivity contribution in [3.8, 4) is 29.1 Å². The van der Waals surface area contributed by atoms with Crippen LogP contribution in [0.3, 0.4) is 0 Å². The summed E-state index contributed by atoms with van der Waals surface area (Å²) in [6.45, 7) is 3.77. The number of hydrogen-bond donors (Lipinski definition) is 1. The van der Waals surface area contributed by atoms with Crippen molar-refractivity contribution in [1.82, 2.24) is 29.8 Å². The minimum Gasteiger partial charge on any atom is -0.508 e. The molecule has 1 aliphatic heterocycles. The van der Waals surface area contributed by atoms with Crippen molar-refractivity contribution in [2.75, 3.05) is 31.6 Å². The van der Waals surface area contributed by atoms with E-state index in [1.807, 2.05) is 0 Å². The number of benzene rings is 1. The van der Waals surface area contributed by atoms with Gasteiger partial charge in [0.1, 0.15) is 28.6 Å². The number of hydrogen-bond acceptors (Lipinski definition) is 10. The van der Waals surface area contributed by atoms with Gasteiger partial charge in [-0.15, -0.1) is 0 Å². The lowest BCUT2D eigenvalue weighted by Gasteiger charge is -2.41. The second-order valence-electron chi connectivity index (χ2n) is 11.3. The van der Waals surface area contributed by atoms with Gasteiger partial charge in [-0.1, -0.05) is 11.6 Å². The second-order valence-corrected chi connectivity index (χ2v) is 11.7. The number of nitrogens with zero attached hydrogens (tertiary/aromatic N) is 8. The van der Waals surface area contributed by atoms with Crippen LogP contribution >= 0.6 is 11.6 Å². The number of fused-ring (bicyclic) bond motifs is 1. The standard InChI is InChI=1S/C32H29ClF2N8O3/c1-16-10-19(39-17(2)38-16)11-25(34)31(45)43-9-8-42(15-20(43)6-7-36)30-23-14-37-28(27(35)29(23)40-32(41-30)46-3)22-12-21(44)13-24(33)26(22)18-4-5-18/h10-14,18,20,44H,4-6,8-9,15H2,1-3H3/b25-11-/t20-/m0/s1. The minimum absolute atomic E-state index is 0.0204. The molecule has 236 valence electrons. The molecule has 0 spiro atoms. The molecule has 0 radical (unpaired) electrons. The van der Waals surface area contributed by atoms with Crippen molar-refractivity contribution < 1.29 is 23.4 Å². The van der Waals surface area contributed by atoms with Crippen molar-refractivity contribution >= 4 is 40.3 Å². The highest BCUT2D eigenvalue weighted by molar-refractivity contribution is 6.32. The number of aryl methyl sites for hydroxylation is 2. The molecule has 4 heterocycles. The molecular weight excluding hydrogens is 618 g/mol. The molecule has 0 bridgehead atoms. The van der Waals surface area contributed by atoms with Gasteiger partial charge in [0.05, 0.1) is 36.7 Å². The van der Waals surface area contributed by atoms with E-state index in [2.05, 4.69) is 31.0 Å². The van der Waals surface area contributed by atoms with E-state index < -0.39 is 23.6 Å². The van der Waals surface area contributed by atoms with Crippen molar-refractivity contribution in [1.29, 1.82) is 5.26 Å². The molecule has 4 aromatic rings. The molecule has 1 saturated carbocycles. The Balaban J connectivity index is 1.34. The third-order valence-corrected chi connectivity index (χ3v) is 8.33. The molecule has 2 fully saturated rings. The van der Waals surface area contributed by atoms with Crippen LogP contribution in [0.2, 0.25) is 5.02 Å². The first-order valence-corrected chi connectivity index (χ1v) is 15.0. The van der Waals surface area contributed by atoms with Crippen molar-refractivity contribution in [2.45, 2.75) is 45.1 Å². The summed E-state index contributed by atoms with van der Waals surface area (Å²) in [6, 6.07) is 5.71. The molecule has 1 atom stereocenters. The predicted molar refractivity (Wildman–Crippen MR) is 166 cm³/mol. The van der Waals surface area contributed by atoms with Gasteiger partial charge in [-0.05, 0) is 56.4 Å².